The second kappa shape index (κ2) is 6.69. The number of anilines is 1. The van der Waals surface area contributed by atoms with Crippen molar-refractivity contribution in [3.8, 4) is 0 Å². The number of fused-ring (bicyclic) bond motifs is 1. The van der Waals surface area contributed by atoms with Gasteiger partial charge in [0, 0.05) is 0 Å². The summed E-state index contributed by atoms with van der Waals surface area (Å²) in [5.41, 5.74) is 10.9. The highest BCUT2D eigenvalue weighted by atomic mass is 16.4. The van der Waals surface area contributed by atoms with Crippen molar-refractivity contribution in [1.82, 2.24) is 4.57 Å². The van der Waals surface area contributed by atoms with Gasteiger partial charge in [-0.1, -0.05) is 42.0 Å². The molecule has 2 aromatic carbocycles. The maximum atomic E-state index is 10.5. The van der Waals surface area contributed by atoms with Crippen molar-refractivity contribution in [2.75, 3.05) is 5.73 Å². The molecule has 1 atom stereocenters. The first kappa shape index (κ1) is 16.4. The van der Waals surface area contributed by atoms with Crippen LogP contribution in [0, 0.1) is 6.92 Å². The lowest BCUT2D eigenvalue weighted by Gasteiger charge is -2.07. The van der Waals surface area contributed by atoms with E-state index in [1.54, 1.807) is 18.4 Å². The van der Waals surface area contributed by atoms with Crippen molar-refractivity contribution in [3.05, 3.63) is 83.8 Å². The van der Waals surface area contributed by atoms with E-state index in [1.807, 2.05) is 22.8 Å². The van der Waals surface area contributed by atoms with Crippen molar-refractivity contribution in [2.45, 2.75) is 26.1 Å². The van der Waals surface area contributed by atoms with Gasteiger partial charge in [-0.2, -0.15) is 0 Å². The van der Waals surface area contributed by atoms with Crippen LogP contribution in [0.4, 0.5) is 5.95 Å². The molecule has 0 fully saturated rings. The van der Waals surface area contributed by atoms with E-state index in [9.17, 15) is 5.11 Å². The summed E-state index contributed by atoms with van der Waals surface area (Å²) in [6, 6.07) is 20.0. The first-order chi connectivity index (χ1) is 12.6. The number of hydrogen-bond acceptors (Lipinski definition) is 3. The van der Waals surface area contributed by atoms with Gasteiger partial charge in [0.05, 0.1) is 12.8 Å². The standard InChI is InChI=1S/C21H21N3O2/c1-15-8-10-16(11-9-15)13-23-17-5-2-3-6-18(17)24(21(23)22)14-19(25)20-7-4-12-26-20/h2-12,19,22,25H,13-14H2,1H3/p+1/t19-/m1/s1. The van der Waals surface area contributed by atoms with E-state index in [0.717, 1.165) is 11.0 Å². The molecule has 2 aromatic heterocycles. The highest BCUT2D eigenvalue weighted by Gasteiger charge is 2.24. The highest BCUT2D eigenvalue weighted by molar-refractivity contribution is 5.74. The molecule has 0 amide bonds. The number of para-hydroxylation sites is 2. The Labute approximate surface area is 151 Å². The smallest absolute Gasteiger partial charge is 0.356 e. The van der Waals surface area contributed by atoms with E-state index in [2.05, 4.69) is 41.8 Å². The van der Waals surface area contributed by atoms with Gasteiger partial charge < -0.3 is 9.52 Å². The fraction of sp³-hybridized carbons (Fsp3) is 0.190. The van der Waals surface area contributed by atoms with Gasteiger partial charge >= 0.3 is 5.95 Å². The molecular weight excluding hydrogens is 326 g/mol. The van der Waals surface area contributed by atoms with E-state index in [-0.39, 0.29) is 0 Å². The van der Waals surface area contributed by atoms with E-state index < -0.39 is 6.10 Å². The number of benzene rings is 2. The fourth-order valence-electron chi connectivity index (χ4n) is 3.29. The molecule has 0 radical (unpaired) electrons. The number of aliphatic hydroxyl groups is 1. The van der Waals surface area contributed by atoms with Gasteiger partial charge in [0.2, 0.25) is 0 Å². The van der Waals surface area contributed by atoms with Crippen LogP contribution in [0.3, 0.4) is 0 Å². The number of rotatable bonds is 5. The predicted octanol–water partition coefficient (Wildman–Crippen LogP) is 3.19. The van der Waals surface area contributed by atoms with Gasteiger partial charge in [-0.05, 0) is 36.8 Å². The molecular formula is C21H22N3O2+. The summed E-state index contributed by atoms with van der Waals surface area (Å²) in [4.78, 5) is 0. The Morgan fingerprint density at radius 2 is 1.85 bits per heavy atom. The first-order valence-electron chi connectivity index (χ1n) is 8.67. The lowest BCUT2D eigenvalue weighted by atomic mass is 10.1. The Balaban J connectivity index is 1.74. The number of aromatic nitrogens is 2. The van der Waals surface area contributed by atoms with Crippen LogP contribution in [0.15, 0.2) is 71.3 Å². The average molecular weight is 348 g/mol. The van der Waals surface area contributed by atoms with E-state index in [1.165, 1.54) is 11.1 Å². The Kier molecular flexibility index (Phi) is 4.22. The molecule has 0 aliphatic carbocycles. The van der Waals surface area contributed by atoms with Crippen LogP contribution in [0.1, 0.15) is 23.0 Å². The number of aliphatic hydroxyl groups excluding tert-OH is 1. The second-order valence-corrected chi connectivity index (χ2v) is 6.56. The SMILES string of the molecule is Cc1ccc(C[n+]2c(N)n(C[C@@H](O)c3ccco3)c3ccccc32)cc1. The number of hydrogen-bond donors (Lipinski definition) is 2. The van der Waals surface area contributed by atoms with Gasteiger partial charge in [0.25, 0.3) is 0 Å². The van der Waals surface area contributed by atoms with Crippen LogP contribution in [-0.2, 0) is 13.1 Å². The summed E-state index contributed by atoms with van der Waals surface area (Å²) < 4.78 is 9.34. The normalized spacial score (nSPS) is 12.5. The van der Waals surface area contributed by atoms with Gasteiger partial charge in [-0.25, -0.2) is 9.13 Å². The van der Waals surface area contributed by atoms with Crippen LogP contribution < -0.4 is 10.3 Å². The number of furan rings is 1. The molecule has 5 nitrogen and oxygen atoms in total. The van der Waals surface area contributed by atoms with Gasteiger partial charge in [0.15, 0.2) is 0 Å². The first-order valence-corrected chi connectivity index (χ1v) is 8.67. The Morgan fingerprint density at radius 1 is 1.08 bits per heavy atom. The molecule has 0 bridgehead atoms. The van der Waals surface area contributed by atoms with Crippen LogP contribution >= 0.6 is 0 Å². The monoisotopic (exact) mass is 348 g/mol. The molecule has 26 heavy (non-hydrogen) atoms. The van der Waals surface area contributed by atoms with E-state index in [4.69, 9.17) is 10.2 Å². The minimum atomic E-state index is -0.754. The van der Waals surface area contributed by atoms with Crippen molar-refractivity contribution < 1.29 is 14.1 Å². The summed E-state index contributed by atoms with van der Waals surface area (Å²) in [5.74, 6) is 1.14. The number of imidazole rings is 1. The largest absolute Gasteiger partial charge is 0.466 e. The third-order valence-electron chi connectivity index (χ3n) is 4.70. The topological polar surface area (TPSA) is 68.2 Å². The average Bonchev–Trinajstić information content (AvgIpc) is 3.27. The van der Waals surface area contributed by atoms with Crippen LogP contribution in [0.5, 0.6) is 0 Å². The maximum absolute atomic E-state index is 10.5. The molecule has 3 N–H and O–H groups in total. The summed E-state index contributed by atoms with van der Waals surface area (Å²) >= 11 is 0. The van der Waals surface area contributed by atoms with Gasteiger partial charge in [-0.3, -0.25) is 5.73 Å². The maximum Gasteiger partial charge on any atom is 0.356 e. The summed E-state index contributed by atoms with van der Waals surface area (Å²) in [6.45, 7) is 3.09. The molecule has 0 saturated heterocycles. The number of nitrogens with zero attached hydrogens (tertiary/aromatic N) is 2. The summed E-state index contributed by atoms with van der Waals surface area (Å²) in [6.07, 6.45) is 0.809. The Hall–Kier alpha value is -3.05. The molecule has 2 heterocycles. The fourth-order valence-corrected chi connectivity index (χ4v) is 3.29. The summed E-state index contributed by atoms with van der Waals surface area (Å²) in [5, 5.41) is 10.5. The number of nitrogens with two attached hydrogens (primary N) is 1. The Bertz CT molecular complexity index is 1020. The van der Waals surface area contributed by atoms with Crippen molar-refractivity contribution in [1.29, 1.82) is 0 Å². The Morgan fingerprint density at radius 3 is 2.58 bits per heavy atom. The minimum absolute atomic E-state index is 0.334. The molecule has 4 aromatic rings. The van der Waals surface area contributed by atoms with Crippen molar-refractivity contribution in [3.63, 3.8) is 0 Å². The lowest BCUT2D eigenvalue weighted by molar-refractivity contribution is -0.648. The van der Waals surface area contributed by atoms with Crippen LogP contribution in [-0.4, -0.2) is 9.67 Å². The third-order valence-corrected chi connectivity index (χ3v) is 4.70. The second-order valence-electron chi connectivity index (χ2n) is 6.56. The van der Waals surface area contributed by atoms with E-state index in [0.29, 0.717) is 24.8 Å². The minimum Gasteiger partial charge on any atom is -0.466 e. The number of nitrogen functional groups attached to an aromatic ring is 1. The van der Waals surface area contributed by atoms with Crippen molar-refractivity contribution >= 4 is 17.0 Å². The molecule has 4 rings (SSSR count). The molecule has 0 spiro atoms. The molecule has 5 heteroatoms. The third kappa shape index (κ3) is 2.97. The zero-order valence-corrected chi connectivity index (χ0v) is 14.7. The molecule has 0 unspecified atom stereocenters. The zero-order chi connectivity index (χ0) is 18.1. The van der Waals surface area contributed by atoms with Gasteiger partial charge in [0.1, 0.15) is 29.4 Å². The van der Waals surface area contributed by atoms with Crippen LogP contribution in [0.2, 0.25) is 0 Å². The van der Waals surface area contributed by atoms with Crippen molar-refractivity contribution in [2.24, 2.45) is 0 Å². The molecule has 0 saturated carbocycles. The van der Waals surface area contributed by atoms with Gasteiger partial charge in [-0.15, -0.1) is 0 Å². The number of aryl methyl sites for hydroxylation is 1. The lowest BCUT2D eigenvalue weighted by Crippen LogP contribution is -2.37. The molecule has 0 aliphatic heterocycles. The predicted molar refractivity (Wildman–Crippen MR) is 100 cm³/mol. The molecule has 132 valence electrons. The van der Waals surface area contributed by atoms with Crippen LogP contribution in [0.25, 0.3) is 11.0 Å². The zero-order valence-electron chi connectivity index (χ0n) is 14.7. The quantitative estimate of drug-likeness (QED) is 0.544. The highest BCUT2D eigenvalue weighted by Crippen LogP contribution is 2.22. The molecule has 0 aliphatic rings. The summed E-state index contributed by atoms with van der Waals surface area (Å²) in [7, 11) is 0. The van der Waals surface area contributed by atoms with E-state index >= 15 is 0 Å².